The van der Waals surface area contributed by atoms with Crippen molar-refractivity contribution in [1.82, 2.24) is 30.2 Å². The molecule has 2 aromatic heterocycles. The standard InChI is InChI=1S/C21H30N10O/c22-19(23)24-8-4-1-5-9-30-10-12-31(13-11-30)17-14-25-20(28-18(17)32)29-21-26-15-6-2-3-7-16(15)27-21/h2-3,6-7,14H,1,4-5,8-13H2,(H4,22,23,24)(H3,25,26,27,28,29,32). The van der Waals surface area contributed by atoms with E-state index in [1.165, 1.54) is 0 Å². The molecule has 3 aromatic rings. The quantitative estimate of drug-likeness (QED) is 0.165. The number of unbranched alkanes of at least 4 members (excludes halogenated alkanes) is 2. The molecule has 3 heterocycles. The first-order valence-electron chi connectivity index (χ1n) is 11.0. The van der Waals surface area contributed by atoms with Crippen molar-refractivity contribution in [3.8, 4) is 0 Å². The van der Waals surface area contributed by atoms with E-state index in [4.69, 9.17) is 11.1 Å². The molecular formula is C21H30N10O. The summed E-state index contributed by atoms with van der Waals surface area (Å²) in [6.45, 7) is 5.23. The summed E-state index contributed by atoms with van der Waals surface area (Å²) < 4.78 is 0. The molecule has 32 heavy (non-hydrogen) atoms. The van der Waals surface area contributed by atoms with E-state index in [1.54, 1.807) is 6.20 Å². The number of rotatable bonds is 9. The van der Waals surface area contributed by atoms with Crippen molar-refractivity contribution in [2.45, 2.75) is 19.3 Å². The van der Waals surface area contributed by atoms with E-state index >= 15 is 0 Å². The summed E-state index contributed by atoms with van der Waals surface area (Å²) in [4.78, 5) is 32.0. The van der Waals surface area contributed by atoms with Crippen LogP contribution in [0, 0.1) is 5.41 Å². The van der Waals surface area contributed by atoms with Crippen LogP contribution in [0.15, 0.2) is 35.3 Å². The summed E-state index contributed by atoms with van der Waals surface area (Å²) in [6.07, 6.45) is 4.95. The lowest BCUT2D eigenvalue weighted by Crippen LogP contribution is -2.48. The lowest BCUT2D eigenvalue weighted by Gasteiger charge is -2.35. The summed E-state index contributed by atoms with van der Waals surface area (Å²) in [7, 11) is 0. The fraction of sp³-hybridized carbons (Fsp3) is 0.429. The molecule has 0 unspecified atom stereocenters. The Bertz CT molecular complexity index is 1070. The number of nitrogens with zero attached hydrogens (tertiary/aromatic N) is 4. The Balaban J connectivity index is 1.25. The van der Waals surface area contributed by atoms with Gasteiger partial charge in [-0.2, -0.15) is 4.98 Å². The number of imidazole rings is 1. The van der Waals surface area contributed by atoms with Gasteiger partial charge < -0.3 is 25.9 Å². The zero-order chi connectivity index (χ0) is 22.3. The minimum atomic E-state index is -0.256. The van der Waals surface area contributed by atoms with E-state index in [0.29, 0.717) is 17.6 Å². The van der Waals surface area contributed by atoms with Gasteiger partial charge in [0.05, 0.1) is 11.0 Å². The molecule has 1 saturated heterocycles. The second-order valence-corrected chi connectivity index (χ2v) is 7.90. The SMILES string of the molecule is N=C(N)NCCCCCN1CCN(c2c[nH]c(Nc3nc4ccccc4[nH]3)nc2=O)CC1. The Morgan fingerprint density at radius 3 is 2.66 bits per heavy atom. The van der Waals surface area contributed by atoms with Crippen molar-refractivity contribution in [1.29, 1.82) is 5.41 Å². The highest BCUT2D eigenvalue weighted by Gasteiger charge is 2.19. The van der Waals surface area contributed by atoms with E-state index < -0.39 is 0 Å². The molecule has 1 aromatic carbocycles. The van der Waals surface area contributed by atoms with Gasteiger partial charge in [-0.3, -0.25) is 20.4 Å². The van der Waals surface area contributed by atoms with Crippen LogP contribution in [-0.4, -0.2) is 70.1 Å². The normalized spacial score (nSPS) is 14.6. The van der Waals surface area contributed by atoms with Crippen LogP contribution in [0.3, 0.4) is 0 Å². The molecule has 0 spiro atoms. The second kappa shape index (κ2) is 10.1. The number of guanidine groups is 1. The Morgan fingerprint density at radius 1 is 1.09 bits per heavy atom. The molecule has 7 N–H and O–H groups in total. The number of para-hydroxylation sites is 2. The van der Waals surface area contributed by atoms with Gasteiger partial charge in [-0.05, 0) is 31.5 Å². The second-order valence-electron chi connectivity index (χ2n) is 7.90. The van der Waals surface area contributed by atoms with Crippen LogP contribution in [0.25, 0.3) is 11.0 Å². The molecular weight excluding hydrogens is 408 g/mol. The molecule has 0 amide bonds. The number of hydrogen-bond acceptors (Lipinski definition) is 7. The molecule has 0 aliphatic carbocycles. The largest absolute Gasteiger partial charge is 0.370 e. The number of nitrogens with one attached hydrogen (secondary N) is 5. The molecule has 11 nitrogen and oxygen atoms in total. The average Bonchev–Trinajstić information content (AvgIpc) is 3.19. The zero-order valence-corrected chi connectivity index (χ0v) is 18.0. The fourth-order valence-electron chi connectivity index (χ4n) is 3.88. The van der Waals surface area contributed by atoms with Crippen molar-refractivity contribution < 1.29 is 0 Å². The summed E-state index contributed by atoms with van der Waals surface area (Å²) in [5.74, 6) is 0.924. The van der Waals surface area contributed by atoms with E-state index in [0.717, 1.165) is 69.6 Å². The van der Waals surface area contributed by atoms with Crippen LogP contribution in [0.2, 0.25) is 0 Å². The first kappa shape index (κ1) is 21.6. The number of benzene rings is 1. The van der Waals surface area contributed by atoms with Gasteiger partial charge in [-0.1, -0.05) is 18.6 Å². The number of aromatic nitrogens is 4. The third-order valence-electron chi connectivity index (χ3n) is 5.58. The highest BCUT2D eigenvalue weighted by atomic mass is 16.1. The Hall–Kier alpha value is -3.60. The van der Waals surface area contributed by atoms with Gasteiger partial charge in [-0.25, -0.2) is 4.98 Å². The Morgan fingerprint density at radius 2 is 1.91 bits per heavy atom. The van der Waals surface area contributed by atoms with Crippen LogP contribution >= 0.6 is 0 Å². The summed E-state index contributed by atoms with van der Waals surface area (Å²) >= 11 is 0. The van der Waals surface area contributed by atoms with E-state index in [9.17, 15) is 4.79 Å². The lowest BCUT2D eigenvalue weighted by atomic mass is 10.2. The number of fused-ring (bicyclic) bond motifs is 1. The van der Waals surface area contributed by atoms with Crippen LogP contribution in [0.5, 0.6) is 0 Å². The van der Waals surface area contributed by atoms with Gasteiger partial charge in [0.25, 0.3) is 5.56 Å². The molecule has 1 aliphatic heterocycles. The molecule has 4 rings (SSSR count). The molecule has 1 fully saturated rings. The molecule has 170 valence electrons. The summed E-state index contributed by atoms with van der Waals surface area (Å²) in [5, 5.41) is 13.0. The van der Waals surface area contributed by atoms with Crippen LogP contribution < -0.4 is 26.8 Å². The van der Waals surface area contributed by atoms with Gasteiger partial charge in [0.15, 0.2) is 5.96 Å². The summed E-state index contributed by atoms with van der Waals surface area (Å²) in [5.41, 5.74) is 7.38. The molecule has 0 atom stereocenters. The van der Waals surface area contributed by atoms with Crippen molar-refractivity contribution in [3.05, 3.63) is 40.8 Å². The van der Waals surface area contributed by atoms with Crippen molar-refractivity contribution in [2.75, 3.05) is 49.5 Å². The van der Waals surface area contributed by atoms with E-state index in [2.05, 4.69) is 40.4 Å². The van der Waals surface area contributed by atoms with Crippen LogP contribution in [0.4, 0.5) is 17.6 Å². The molecule has 0 radical (unpaired) electrons. The number of hydrogen-bond donors (Lipinski definition) is 6. The van der Waals surface area contributed by atoms with Crippen molar-refractivity contribution in [3.63, 3.8) is 0 Å². The number of piperazine rings is 1. The maximum absolute atomic E-state index is 12.6. The monoisotopic (exact) mass is 438 g/mol. The van der Waals surface area contributed by atoms with Crippen LogP contribution in [-0.2, 0) is 0 Å². The van der Waals surface area contributed by atoms with Crippen molar-refractivity contribution >= 4 is 34.6 Å². The highest BCUT2D eigenvalue weighted by molar-refractivity contribution is 5.77. The van der Waals surface area contributed by atoms with Gasteiger partial charge in [0, 0.05) is 38.9 Å². The van der Waals surface area contributed by atoms with E-state index in [1.807, 2.05) is 24.3 Å². The van der Waals surface area contributed by atoms with Gasteiger partial charge in [0.1, 0.15) is 5.69 Å². The first-order chi connectivity index (χ1) is 15.6. The topological polar surface area (TPSA) is 155 Å². The average molecular weight is 439 g/mol. The number of anilines is 3. The predicted molar refractivity (Wildman–Crippen MR) is 127 cm³/mol. The smallest absolute Gasteiger partial charge is 0.297 e. The Labute approximate surface area is 185 Å². The lowest BCUT2D eigenvalue weighted by molar-refractivity contribution is 0.252. The maximum Gasteiger partial charge on any atom is 0.297 e. The summed E-state index contributed by atoms with van der Waals surface area (Å²) in [6, 6.07) is 7.73. The fourth-order valence-corrected chi connectivity index (χ4v) is 3.88. The maximum atomic E-state index is 12.6. The Kier molecular flexibility index (Phi) is 6.85. The molecule has 0 bridgehead atoms. The highest BCUT2D eigenvalue weighted by Crippen LogP contribution is 2.16. The predicted octanol–water partition coefficient (Wildman–Crippen LogP) is 1.17. The van der Waals surface area contributed by atoms with Gasteiger partial charge in [0.2, 0.25) is 11.9 Å². The number of H-pyrrole nitrogens is 2. The first-order valence-corrected chi connectivity index (χ1v) is 11.0. The zero-order valence-electron chi connectivity index (χ0n) is 18.0. The molecule has 0 saturated carbocycles. The molecule has 11 heteroatoms. The van der Waals surface area contributed by atoms with Gasteiger partial charge >= 0.3 is 0 Å². The van der Waals surface area contributed by atoms with E-state index in [-0.39, 0.29) is 11.5 Å². The van der Waals surface area contributed by atoms with Crippen LogP contribution in [0.1, 0.15) is 19.3 Å². The number of aromatic amines is 2. The third kappa shape index (κ3) is 5.55. The third-order valence-corrected chi connectivity index (χ3v) is 5.58. The number of nitrogens with two attached hydrogens (primary N) is 1. The molecule has 1 aliphatic rings. The minimum absolute atomic E-state index is 0.0314. The van der Waals surface area contributed by atoms with Crippen molar-refractivity contribution in [2.24, 2.45) is 5.73 Å². The minimum Gasteiger partial charge on any atom is -0.370 e. The van der Waals surface area contributed by atoms with Gasteiger partial charge in [-0.15, -0.1) is 0 Å².